The van der Waals surface area contributed by atoms with Crippen molar-refractivity contribution in [1.82, 2.24) is 0 Å². The summed E-state index contributed by atoms with van der Waals surface area (Å²) in [7, 11) is -3.81. The highest BCUT2D eigenvalue weighted by molar-refractivity contribution is 7.92. The molecule has 2 rings (SSSR count). The number of nitrogens with one attached hydrogen (secondary N) is 1. The third-order valence-corrected chi connectivity index (χ3v) is 5.54. The number of hydrogen-bond acceptors (Lipinski definition) is 3. The van der Waals surface area contributed by atoms with Gasteiger partial charge in [-0.05, 0) is 49.2 Å². The minimum Gasteiger partial charge on any atom is -0.324 e. The van der Waals surface area contributed by atoms with Crippen molar-refractivity contribution >= 4 is 38.9 Å². The maximum atomic E-state index is 13.0. The Labute approximate surface area is 166 Å². The van der Waals surface area contributed by atoms with Gasteiger partial charge in [-0.25, -0.2) is 8.42 Å². The van der Waals surface area contributed by atoms with Crippen LogP contribution in [0.1, 0.15) is 16.7 Å². The Morgan fingerprint density at radius 1 is 1.18 bits per heavy atom. The van der Waals surface area contributed by atoms with Crippen LogP contribution in [0.15, 0.2) is 36.4 Å². The van der Waals surface area contributed by atoms with Gasteiger partial charge in [-0.3, -0.25) is 9.10 Å². The number of rotatable bonds is 5. The molecule has 0 heterocycles. The molecule has 0 atom stereocenters. The number of carbonyl (C=O) groups is 1. The molecule has 0 aliphatic rings. The van der Waals surface area contributed by atoms with E-state index in [9.17, 15) is 26.4 Å². The topological polar surface area (TPSA) is 66.5 Å². The van der Waals surface area contributed by atoms with Gasteiger partial charge in [0.1, 0.15) is 6.54 Å². The van der Waals surface area contributed by atoms with E-state index >= 15 is 0 Å². The fourth-order valence-corrected chi connectivity index (χ4v) is 3.67. The summed E-state index contributed by atoms with van der Waals surface area (Å²) in [5.41, 5.74) is 0.591. The van der Waals surface area contributed by atoms with Gasteiger partial charge >= 0.3 is 6.18 Å². The number of halogens is 4. The number of benzene rings is 2. The van der Waals surface area contributed by atoms with Crippen molar-refractivity contribution in [2.45, 2.75) is 20.0 Å². The zero-order valence-electron chi connectivity index (χ0n) is 15.3. The van der Waals surface area contributed by atoms with Gasteiger partial charge in [-0.1, -0.05) is 23.7 Å². The van der Waals surface area contributed by atoms with Crippen molar-refractivity contribution in [2.75, 3.05) is 22.4 Å². The second-order valence-electron chi connectivity index (χ2n) is 6.23. The van der Waals surface area contributed by atoms with Gasteiger partial charge in [0.05, 0.1) is 22.5 Å². The van der Waals surface area contributed by atoms with Crippen LogP contribution in [0.2, 0.25) is 5.02 Å². The molecule has 0 saturated carbocycles. The molecule has 0 saturated heterocycles. The predicted molar refractivity (Wildman–Crippen MR) is 103 cm³/mol. The Balaban J connectivity index is 2.30. The normalized spacial score (nSPS) is 12.0. The number of nitrogens with zero attached hydrogens (tertiary/aromatic N) is 1. The SMILES string of the molecule is Cc1cccc(N(CC(=O)Nc2ccc(Cl)c(C(F)(F)F)c2)S(C)(=O)=O)c1C. The monoisotopic (exact) mass is 434 g/mol. The van der Waals surface area contributed by atoms with Gasteiger partial charge in [-0.2, -0.15) is 13.2 Å². The van der Waals surface area contributed by atoms with Crippen LogP contribution in [0.3, 0.4) is 0 Å². The zero-order valence-corrected chi connectivity index (χ0v) is 16.8. The second-order valence-corrected chi connectivity index (χ2v) is 8.54. The number of carbonyl (C=O) groups excluding carboxylic acids is 1. The fraction of sp³-hybridized carbons (Fsp3) is 0.278. The lowest BCUT2D eigenvalue weighted by molar-refractivity contribution is -0.137. The average Bonchev–Trinajstić information content (AvgIpc) is 2.55. The highest BCUT2D eigenvalue weighted by Crippen LogP contribution is 2.36. The van der Waals surface area contributed by atoms with Gasteiger partial charge < -0.3 is 5.32 Å². The van der Waals surface area contributed by atoms with Gasteiger partial charge in [0.2, 0.25) is 15.9 Å². The third-order valence-electron chi connectivity index (χ3n) is 4.09. The summed E-state index contributed by atoms with van der Waals surface area (Å²) in [4.78, 5) is 12.4. The van der Waals surface area contributed by atoms with E-state index in [0.29, 0.717) is 17.3 Å². The first-order chi connectivity index (χ1) is 12.8. The summed E-state index contributed by atoms with van der Waals surface area (Å²) in [6.45, 7) is 2.92. The molecule has 28 heavy (non-hydrogen) atoms. The molecular weight excluding hydrogens is 417 g/mol. The van der Waals surface area contributed by atoms with Crippen LogP contribution in [0, 0.1) is 13.8 Å². The van der Waals surface area contributed by atoms with Crippen molar-refractivity contribution in [2.24, 2.45) is 0 Å². The summed E-state index contributed by atoms with van der Waals surface area (Å²) < 4.78 is 64.1. The van der Waals surface area contributed by atoms with Crippen molar-refractivity contribution < 1.29 is 26.4 Å². The molecule has 2 aromatic carbocycles. The number of amides is 1. The predicted octanol–water partition coefficient (Wildman–Crippen LogP) is 4.38. The summed E-state index contributed by atoms with van der Waals surface area (Å²) in [5, 5.41) is 1.78. The van der Waals surface area contributed by atoms with Gasteiger partial charge in [0.15, 0.2) is 0 Å². The molecule has 0 aliphatic heterocycles. The molecule has 0 fully saturated rings. The van der Waals surface area contributed by atoms with Gasteiger partial charge in [0, 0.05) is 5.69 Å². The smallest absolute Gasteiger partial charge is 0.324 e. The Morgan fingerprint density at radius 2 is 1.82 bits per heavy atom. The Morgan fingerprint density at radius 3 is 2.39 bits per heavy atom. The number of anilines is 2. The summed E-state index contributed by atoms with van der Waals surface area (Å²) in [5.74, 6) is -0.790. The van der Waals surface area contributed by atoms with E-state index < -0.39 is 39.2 Å². The fourth-order valence-electron chi connectivity index (χ4n) is 2.54. The molecule has 0 aliphatic carbocycles. The molecule has 0 unspecified atom stereocenters. The maximum Gasteiger partial charge on any atom is 0.417 e. The lowest BCUT2D eigenvalue weighted by Crippen LogP contribution is -2.38. The van der Waals surface area contributed by atoms with Crippen molar-refractivity contribution in [3.05, 3.63) is 58.1 Å². The van der Waals surface area contributed by atoms with Crippen LogP contribution in [0.25, 0.3) is 0 Å². The Hall–Kier alpha value is -2.26. The quantitative estimate of drug-likeness (QED) is 0.759. The first-order valence-corrected chi connectivity index (χ1v) is 10.2. The molecule has 5 nitrogen and oxygen atoms in total. The summed E-state index contributed by atoms with van der Waals surface area (Å²) >= 11 is 5.55. The van der Waals surface area contributed by atoms with Crippen molar-refractivity contribution in [1.29, 1.82) is 0 Å². The Kier molecular flexibility index (Phi) is 6.30. The van der Waals surface area contributed by atoms with Crippen LogP contribution in [0.5, 0.6) is 0 Å². The van der Waals surface area contributed by atoms with Crippen molar-refractivity contribution in [3.8, 4) is 0 Å². The minimum atomic E-state index is -4.69. The summed E-state index contributed by atoms with van der Waals surface area (Å²) in [6, 6.07) is 7.93. The molecule has 2 aromatic rings. The van der Waals surface area contributed by atoms with Crippen LogP contribution >= 0.6 is 11.6 Å². The van der Waals surface area contributed by atoms with Crippen LogP contribution in [-0.2, 0) is 21.0 Å². The number of alkyl halides is 3. The maximum absolute atomic E-state index is 13.0. The minimum absolute atomic E-state index is 0.142. The Bertz CT molecular complexity index is 1010. The molecule has 0 aromatic heterocycles. The standard InChI is InChI=1S/C18H18ClF3N2O3S/c1-11-5-4-6-16(12(11)2)24(28(3,26)27)10-17(25)23-13-7-8-15(19)14(9-13)18(20,21)22/h4-9H,10H2,1-3H3,(H,23,25). The molecule has 1 N–H and O–H groups in total. The van der Waals surface area contributed by atoms with E-state index in [4.69, 9.17) is 11.6 Å². The number of sulfonamides is 1. The van der Waals surface area contributed by atoms with Crippen LogP contribution in [0.4, 0.5) is 24.5 Å². The van der Waals surface area contributed by atoms with Crippen molar-refractivity contribution in [3.63, 3.8) is 0 Å². The highest BCUT2D eigenvalue weighted by Gasteiger charge is 2.33. The largest absolute Gasteiger partial charge is 0.417 e. The average molecular weight is 435 g/mol. The lowest BCUT2D eigenvalue weighted by atomic mass is 10.1. The van der Waals surface area contributed by atoms with Crippen LogP contribution < -0.4 is 9.62 Å². The number of hydrogen-bond donors (Lipinski definition) is 1. The first kappa shape index (κ1) is 22.0. The van der Waals surface area contributed by atoms with E-state index in [2.05, 4.69) is 5.32 Å². The molecule has 0 radical (unpaired) electrons. The lowest BCUT2D eigenvalue weighted by Gasteiger charge is -2.24. The van der Waals surface area contributed by atoms with Crippen LogP contribution in [-0.4, -0.2) is 27.1 Å². The van der Waals surface area contributed by atoms with E-state index in [0.717, 1.165) is 22.2 Å². The molecule has 0 bridgehead atoms. The molecule has 1 amide bonds. The van der Waals surface area contributed by atoms with Gasteiger partial charge in [0.25, 0.3) is 0 Å². The summed E-state index contributed by atoms with van der Waals surface area (Å²) in [6.07, 6.45) is -3.73. The van der Waals surface area contributed by atoms with E-state index in [1.807, 2.05) is 0 Å². The molecule has 10 heteroatoms. The third kappa shape index (κ3) is 5.17. The molecule has 0 spiro atoms. The molecule has 152 valence electrons. The molecular formula is C18H18ClF3N2O3S. The van der Waals surface area contributed by atoms with E-state index in [-0.39, 0.29) is 5.69 Å². The van der Waals surface area contributed by atoms with Gasteiger partial charge in [-0.15, -0.1) is 0 Å². The highest BCUT2D eigenvalue weighted by atomic mass is 35.5. The second kappa shape index (κ2) is 8.00. The van der Waals surface area contributed by atoms with E-state index in [1.165, 1.54) is 6.07 Å². The zero-order chi connectivity index (χ0) is 21.3. The first-order valence-electron chi connectivity index (χ1n) is 8.01. The van der Waals surface area contributed by atoms with E-state index in [1.54, 1.807) is 32.0 Å². The number of aryl methyl sites for hydroxylation is 1.